The lowest BCUT2D eigenvalue weighted by Gasteiger charge is -2.67. The van der Waals surface area contributed by atoms with E-state index in [1.807, 2.05) is 0 Å². The van der Waals surface area contributed by atoms with Crippen molar-refractivity contribution in [3.8, 4) is 0 Å². The number of aliphatic hydroxyl groups excluding tert-OH is 2. The first kappa shape index (κ1) is 28.4. The van der Waals surface area contributed by atoms with E-state index in [-0.39, 0.29) is 25.2 Å². The fraction of sp³-hybridized carbons (Fsp3) is 0.679. The van der Waals surface area contributed by atoms with Crippen molar-refractivity contribution < 1.29 is 57.9 Å². The molecule has 0 radical (unpaired) electrons. The van der Waals surface area contributed by atoms with E-state index in [1.54, 1.807) is 27.7 Å². The van der Waals surface area contributed by atoms with Crippen LogP contribution in [-0.4, -0.2) is 83.6 Å². The summed E-state index contributed by atoms with van der Waals surface area (Å²) in [5.41, 5.74) is -3.56. The second-order valence-corrected chi connectivity index (χ2v) is 12.1. The van der Waals surface area contributed by atoms with E-state index in [0.717, 1.165) is 7.11 Å². The minimum Gasteiger partial charge on any atom is -0.467 e. The maximum atomic E-state index is 13.5. The van der Waals surface area contributed by atoms with Crippen LogP contribution in [0.4, 0.5) is 0 Å². The van der Waals surface area contributed by atoms with Crippen LogP contribution in [0, 0.1) is 28.6 Å². The van der Waals surface area contributed by atoms with Crippen LogP contribution in [0.2, 0.25) is 0 Å². The molecule has 0 amide bonds. The molecule has 4 fully saturated rings. The Kier molecular flexibility index (Phi) is 6.55. The number of carbonyl (C=O) groups is 5. The zero-order valence-electron chi connectivity index (χ0n) is 23.2. The SMILES string of the molecule is COC(=O)C12OC[C@]34[C@H]([C@@H](O)[C@@H]1O)[C@@]1(C)CC(=O)C(OC(C)=O)=C(C)[C@@H]1C[C@H]3OC(=O)[C@H](OC(=O)C=C(C)C)[C@@H]24. The molecule has 2 heterocycles. The zero-order valence-corrected chi connectivity index (χ0v) is 23.2. The monoisotopic (exact) mass is 562 g/mol. The molecule has 2 aliphatic heterocycles. The molecule has 2 saturated heterocycles. The number of hydrogen-bond donors (Lipinski definition) is 2. The third kappa shape index (κ3) is 3.51. The van der Waals surface area contributed by atoms with Crippen LogP contribution in [0.15, 0.2) is 23.0 Å². The number of aliphatic hydroxyl groups is 2. The molecular weight excluding hydrogens is 528 g/mol. The van der Waals surface area contributed by atoms with Gasteiger partial charge in [-0.05, 0) is 44.1 Å². The first-order valence-electron chi connectivity index (χ1n) is 13.2. The molecule has 0 aromatic rings. The van der Waals surface area contributed by atoms with Crippen LogP contribution in [0.25, 0.3) is 0 Å². The van der Waals surface area contributed by atoms with Gasteiger partial charge in [-0.2, -0.15) is 0 Å². The number of ketones is 1. The van der Waals surface area contributed by atoms with Gasteiger partial charge in [0.1, 0.15) is 12.2 Å². The molecule has 12 nitrogen and oxygen atoms in total. The van der Waals surface area contributed by atoms with Crippen molar-refractivity contribution in [2.24, 2.45) is 28.6 Å². The molecule has 2 saturated carbocycles. The molecule has 1 spiro atoms. The van der Waals surface area contributed by atoms with Crippen LogP contribution < -0.4 is 0 Å². The van der Waals surface area contributed by atoms with E-state index in [0.29, 0.717) is 11.1 Å². The maximum Gasteiger partial charge on any atom is 0.348 e. The molecule has 3 aliphatic carbocycles. The highest BCUT2D eigenvalue weighted by molar-refractivity contribution is 5.98. The van der Waals surface area contributed by atoms with Crippen LogP contribution in [0.5, 0.6) is 0 Å². The Morgan fingerprint density at radius 3 is 2.38 bits per heavy atom. The maximum absolute atomic E-state index is 13.5. The molecular formula is C28H34O12. The smallest absolute Gasteiger partial charge is 0.348 e. The highest BCUT2D eigenvalue weighted by atomic mass is 16.6. The van der Waals surface area contributed by atoms with Crippen LogP contribution in [-0.2, 0) is 47.7 Å². The number of allylic oxidation sites excluding steroid dienone is 3. The largest absolute Gasteiger partial charge is 0.467 e. The molecule has 1 unspecified atom stereocenters. The van der Waals surface area contributed by atoms with E-state index in [1.165, 1.54) is 13.0 Å². The van der Waals surface area contributed by atoms with E-state index < -0.39 is 88.3 Å². The standard InChI is InChI=1S/C28H34O12/c1-11(2)7-17(31)40-20-22-27-10-37-28(22,25(35)36-6)23(33)18(32)21(27)26(5)9-15(30)19(38-13(4)29)12(3)14(26)8-16(27)39-24(20)34/h7,14,16,18,20-23,32-33H,8-10H2,1-6H3/t14-,16+,18+,20+,21+,22+,23-,26-,27+,28?/m0/s1. The van der Waals surface area contributed by atoms with Gasteiger partial charge in [-0.3, -0.25) is 9.59 Å². The number of methoxy groups -OCH3 is 1. The normalized spacial score (nSPS) is 43.1. The molecule has 0 aromatic carbocycles. The fourth-order valence-corrected chi connectivity index (χ4v) is 8.52. The summed E-state index contributed by atoms with van der Waals surface area (Å²) >= 11 is 0. The number of ether oxygens (including phenoxy) is 5. The van der Waals surface area contributed by atoms with Gasteiger partial charge in [0.25, 0.3) is 0 Å². The summed E-state index contributed by atoms with van der Waals surface area (Å²) in [5, 5.41) is 23.4. The first-order chi connectivity index (χ1) is 18.7. The summed E-state index contributed by atoms with van der Waals surface area (Å²) in [6.45, 7) is 7.71. The number of fused-ring (bicyclic) bond motifs is 2. The quantitative estimate of drug-likeness (QED) is 0.277. The Morgan fingerprint density at radius 1 is 1.10 bits per heavy atom. The van der Waals surface area contributed by atoms with Crippen LogP contribution >= 0.6 is 0 Å². The lowest BCUT2D eigenvalue weighted by Crippen LogP contribution is -2.79. The molecule has 5 aliphatic rings. The van der Waals surface area contributed by atoms with Crippen LogP contribution in [0.3, 0.4) is 0 Å². The van der Waals surface area contributed by atoms with Gasteiger partial charge >= 0.3 is 23.9 Å². The van der Waals surface area contributed by atoms with Crippen molar-refractivity contribution in [1.29, 1.82) is 0 Å². The summed E-state index contributed by atoms with van der Waals surface area (Å²) < 4.78 is 27.9. The highest BCUT2D eigenvalue weighted by Crippen LogP contribution is 2.72. The molecule has 2 N–H and O–H groups in total. The highest BCUT2D eigenvalue weighted by Gasteiger charge is 2.85. The van der Waals surface area contributed by atoms with Gasteiger partial charge in [-0.1, -0.05) is 12.5 Å². The summed E-state index contributed by atoms with van der Waals surface area (Å²) in [5.74, 6) is -6.78. The Bertz CT molecular complexity index is 1260. The second kappa shape index (κ2) is 9.22. The third-order valence-corrected chi connectivity index (χ3v) is 9.71. The lowest BCUT2D eigenvalue weighted by atomic mass is 9.38. The molecule has 40 heavy (non-hydrogen) atoms. The van der Waals surface area contributed by atoms with Gasteiger partial charge in [0, 0.05) is 30.8 Å². The molecule has 0 aromatic heterocycles. The van der Waals surface area contributed by atoms with Gasteiger partial charge < -0.3 is 33.9 Å². The van der Waals surface area contributed by atoms with Crippen molar-refractivity contribution in [3.63, 3.8) is 0 Å². The Labute approximate surface area is 230 Å². The predicted molar refractivity (Wildman–Crippen MR) is 132 cm³/mol. The minimum atomic E-state index is -2.24. The number of hydrogen-bond acceptors (Lipinski definition) is 12. The van der Waals surface area contributed by atoms with Gasteiger partial charge in [0.05, 0.1) is 25.7 Å². The van der Waals surface area contributed by atoms with Crippen molar-refractivity contribution in [2.45, 2.75) is 77.5 Å². The fourth-order valence-electron chi connectivity index (χ4n) is 8.52. The summed E-state index contributed by atoms with van der Waals surface area (Å²) in [6.07, 6.45) is -4.97. The molecule has 10 atom stereocenters. The molecule has 12 heteroatoms. The molecule has 2 bridgehead atoms. The van der Waals surface area contributed by atoms with E-state index in [2.05, 4.69) is 0 Å². The van der Waals surface area contributed by atoms with Gasteiger partial charge in [0.15, 0.2) is 11.5 Å². The average Bonchev–Trinajstić information content (AvgIpc) is 3.16. The average molecular weight is 563 g/mol. The first-order valence-corrected chi connectivity index (χ1v) is 13.2. The topological polar surface area (TPSA) is 172 Å². The van der Waals surface area contributed by atoms with Crippen molar-refractivity contribution in [2.75, 3.05) is 13.7 Å². The number of Topliss-reactive ketones (excluding diaryl/α,β-unsaturated/α-hetero) is 1. The molecule has 5 rings (SSSR count). The number of esters is 4. The van der Waals surface area contributed by atoms with Crippen molar-refractivity contribution in [3.05, 3.63) is 23.0 Å². The molecule has 218 valence electrons. The lowest BCUT2D eigenvalue weighted by molar-refractivity contribution is -0.290. The summed E-state index contributed by atoms with van der Waals surface area (Å²) in [6, 6.07) is 0. The predicted octanol–water partition coefficient (Wildman–Crippen LogP) is 0.522. The number of rotatable bonds is 4. The van der Waals surface area contributed by atoms with Gasteiger partial charge in [0.2, 0.25) is 11.7 Å². The third-order valence-electron chi connectivity index (χ3n) is 9.71. The Hall–Kier alpha value is -3.09. The second-order valence-electron chi connectivity index (χ2n) is 12.1. The van der Waals surface area contributed by atoms with E-state index in [4.69, 9.17) is 23.7 Å². The van der Waals surface area contributed by atoms with Crippen LogP contribution in [0.1, 0.15) is 47.5 Å². The van der Waals surface area contributed by atoms with Gasteiger partial charge in [-0.15, -0.1) is 0 Å². The van der Waals surface area contributed by atoms with E-state index >= 15 is 0 Å². The number of carbonyl (C=O) groups excluding carboxylic acids is 5. The minimum absolute atomic E-state index is 0.0874. The van der Waals surface area contributed by atoms with E-state index in [9.17, 15) is 34.2 Å². The summed E-state index contributed by atoms with van der Waals surface area (Å²) in [4.78, 5) is 64.7. The summed E-state index contributed by atoms with van der Waals surface area (Å²) in [7, 11) is 1.09. The van der Waals surface area contributed by atoms with Gasteiger partial charge in [-0.25, -0.2) is 14.4 Å². The zero-order chi connectivity index (χ0) is 29.5. The Balaban J connectivity index is 1.72. The Morgan fingerprint density at radius 2 is 1.77 bits per heavy atom. The van der Waals surface area contributed by atoms with Crippen molar-refractivity contribution in [1.82, 2.24) is 0 Å². The van der Waals surface area contributed by atoms with Crippen molar-refractivity contribution >= 4 is 29.7 Å².